The fraction of sp³-hybridized carbons (Fsp3) is 0.143. The van der Waals surface area contributed by atoms with Crippen LogP contribution in [0.1, 0.15) is 11.1 Å². The van der Waals surface area contributed by atoms with Crippen molar-refractivity contribution in [1.29, 1.82) is 0 Å². The van der Waals surface area contributed by atoms with Crippen molar-refractivity contribution < 1.29 is 8.42 Å². The van der Waals surface area contributed by atoms with Gasteiger partial charge in [-0.05, 0) is 42.3 Å². The molecule has 0 aliphatic carbocycles. The van der Waals surface area contributed by atoms with E-state index in [1.807, 2.05) is 0 Å². The van der Waals surface area contributed by atoms with Gasteiger partial charge in [0.15, 0.2) is 0 Å². The molecule has 2 aromatic rings. The number of hydrogen-bond acceptors (Lipinski definition) is 3. The van der Waals surface area contributed by atoms with E-state index < -0.39 is 10.0 Å². The Morgan fingerprint density at radius 2 is 1.95 bits per heavy atom. The van der Waals surface area contributed by atoms with Crippen LogP contribution in [0.4, 0.5) is 5.69 Å². The molecule has 0 fully saturated rings. The molecule has 0 aliphatic heterocycles. The Morgan fingerprint density at radius 3 is 2.62 bits per heavy atom. The molecule has 0 spiro atoms. The third-order valence-corrected chi connectivity index (χ3v) is 5.28. The predicted octanol–water partition coefficient (Wildman–Crippen LogP) is 3.67. The van der Waals surface area contributed by atoms with Crippen LogP contribution in [0.2, 0.25) is 5.02 Å². The van der Waals surface area contributed by atoms with Crippen LogP contribution in [0.25, 0.3) is 0 Å². The van der Waals surface area contributed by atoms with Crippen molar-refractivity contribution in [3.63, 3.8) is 0 Å². The first-order chi connectivity index (χ1) is 9.83. The second-order valence-corrected chi connectivity index (χ2v) is 7.51. The first kappa shape index (κ1) is 16.3. The van der Waals surface area contributed by atoms with E-state index in [1.54, 1.807) is 43.3 Å². The molecule has 0 atom stereocenters. The van der Waals surface area contributed by atoms with Crippen molar-refractivity contribution in [2.75, 3.05) is 4.72 Å². The molecule has 0 amide bonds. The van der Waals surface area contributed by atoms with Gasteiger partial charge in [-0.25, -0.2) is 8.42 Å². The smallest absolute Gasteiger partial charge is 0.262 e. The van der Waals surface area contributed by atoms with Gasteiger partial charge in [-0.15, -0.1) is 0 Å². The molecule has 0 saturated carbocycles. The largest absolute Gasteiger partial charge is 0.326 e. The average molecular weight is 390 g/mol. The highest BCUT2D eigenvalue weighted by Crippen LogP contribution is 2.28. The van der Waals surface area contributed by atoms with Gasteiger partial charge >= 0.3 is 0 Å². The van der Waals surface area contributed by atoms with Crippen LogP contribution in [0.3, 0.4) is 0 Å². The van der Waals surface area contributed by atoms with Crippen LogP contribution in [-0.4, -0.2) is 8.42 Å². The van der Waals surface area contributed by atoms with Gasteiger partial charge in [-0.2, -0.15) is 0 Å². The second-order valence-electron chi connectivity index (χ2n) is 4.53. The molecule has 7 heteroatoms. The Labute approximate surface area is 137 Å². The van der Waals surface area contributed by atoms with E-state index >= 15 is 0 Å². The van der Waals surface area contributed by atoms with E-state index in [0.29, 0.717) is 16.3 Å². The van der Waals surface area contributed by atoms with Crippen LogP contribution in [0.15, 0.2) is 45.8 Å². The summed E-state index contributed by atoms with van der Waals surface area (Å²) in [7, 11) is -3.73. The predicted molar refractivity (Wildman–Crippen MR) is 89.0 cm³/mol. The minimum atomic E-state index is -3.73. The van der Waals surface area contributed by atoms with E-state index in [-0.39, 0.29) is 11.4 Å². The SMILES string of the molecule is Cc1ccc(CN)cc1S(=O)(=O)Nc1cc(Br)ccc1Cl. The molecule has 2 rings (SSSR count). The first-order valence-corrected chi connectivity index (χ1v) is 8.76. The summed E-state index contributed by atoms with van der Waals surface area (Å²) in [6.07, 6.45) is 0. The van der Waals surface area contributed by atoms with E-state index in [4.69, 9.17) is 17.3 Å². The molecule has 0 bridgehead atoms. The molecule has 0 aliphatic rings. The van der Waals surface area contributed by atoms with Crippen LogP contribution in [0, 0.1) is 6.92 Å². The molecule has 0 aromatic heterocycles. The zero-order valence-electron chi connectivity index (χ0n) is 11.2. The van der Waals surface area contributed by atoms with Gasteiger partial charge in [0, 0.05) is 11.0 Å². The quantitative estimate of drug-likeness (QED) is 0.838. The minimum absolute atomic E-state index is 0.196. The number of aryl methyl sites for hydroxylation is 1. The summed E-state index contributed by atoms with van der Waals surface area (Å²) in [5.74, 6) is 0. The molecule has 0 saturated heterocycles. The maximum absolute atomic E-state index is 12.5. The normalized spacial score (nSPS) is 11.4. The molecular formula is C14H14BrClN2O2S. The zero-order valence-corrected chi connectivity index (χ0v) is 14.4. The summed E-state index contributed by atoms with van der Waals surface area (Å²) in [5.41, 5.74) is 7.28. The average Bonchev–Trinajstić information content (AvgIpc) is 2.43. The van der Waals surface area contributed by atoms with Gasteiger partial charge < -0.3 is 5.73 Å². The summed E-state index contributed by atoms with van der Waals surface area (Å²) in [5, 5.41) is 0.328. The van der Waals surface area contributed by atoms with E-state index in [2.05, 4.69) is 20.7 Å². The third kappa shape index (κ3) is 3.77. The first-order valence-electron chi connectivity index (χ1n) is 6.11. The fourth-order valence-electron chi connectivity index (χ4n) is 1.84. The highest BCUT2D eigenvalue weighted by atomic mass is 79.9. The lowest BCUT2D eigenvalue weighted by Gasteiger charge is -2.13. The van der Waals surface area contributed by atoms with Crippen molar-refractivity contribution >= 4 is 43.2 Å². The topological polar surface area (TPSA) is 72.2 Å². The standard InChI is InChI=1S/C14H14BrClN2O2S/c1-9-2-3-10(8-17)6-14(9)21(19,20)18-13-7-11(15)4-5-12(13)16/h2-7,18H,8,17H2,1H3. The Kier molecular flexibility index (Phi) is 4.93. The number of rotatable bonds is 4. The second kappa shape index (κ2) is 6.36. The number of nitrogens with two attached hydrogens (primary N) is 1. The van der Waals surface area contributed by atoms with Gasteiger partial charge in [0.1, 0.15) is 0 Å². The maximum Gasteiger partial charge on any atom is 0.262 e. The fourth-order valence-corrected chi connectivity index (χ4v) is 3.79. The monoisotopic (exact) mass is 388 g/mol. The van der Waals surface area contributed by atoms with Crippen molar-refractivity contribution in [2.45, 2.75) is 18.4 Å². The third-order valence-electron chi connectivity index (χ3n) is 2.95. The number of nitrogens with one attached hydrogen (secondary N) is 1. The Balaban J connectivity index is 2.45. The van der Waals surface area contributed by atoms with Crippen LogP contribution >= 0.6 is 27.5 Å². The summed E-state index contributed by atoms with van der Waals surface area (Å²) < 4.78 is 28.3. The minimum Gasteiger partial charge on any atom is -0.326 e. The van der Waals surface area contributed by atoms with Crippen LogP contribution in [-0.2, 0) is 16.6 Å². The van der Waals surface area contributed by atoms with Gasteiger partial charge in [0.05, 0.1) is 15.6 Å². The molecule has 3 N–H and O–H groups in total. The lowest BCUT2D eigenvalue weighted by molar-refractivity contribution is 0.600. The molecule has 0 radical (unpaired) electrons. The van der Waals surface area contributed by atoms with E-state index in [1.165, 1.54) is 0 Å². The Bertz CT molecular complexity index is 779. The van der Waals surface area contributed by atoms with Gasteiger partial charge in [0.2, 0.25) is 0 Å². The van der Waals surface area contributed by atoms with Gasteiger partial charge in [-0.1, -0.05) is 39.7 Å². The number of benzene rings is 2. The van der Waals surface area contributed by atoms with E-state index in [0.717, 1.165) is 10.0 Å². The maximum atomic E-state index is 12.5. The number of halogens is 2. The number of sulfonamides is 1. The van der Waals surface area contributed by atoms with Crippen LogP contribution < -0.4 is 10.5 Å². The van der Waals surface area contributed by atoms with Crippen molar-refractivity contribution in [2.24, 2.45) is 5.73 Å². The molecule has 2 aromatic carbocycles. The molecule has 112 valence electrons. The Morgan fingerprint density at radius 1 is 1.24 bits per heavy atom. The van der Waals surface area contributed by atoms with Crippen LogP contribution in [0.5, 0.6) is 0 Å². The zero-order chi connectivity index (χ0) is 15.6. The lowest BCUT2D eigenvalue weighted by Crippen LogP contribution is -2.15. The molecule has 4 nitrogen and oxygen atoms in total. The van der Waals surface area contributed by atoms with Crippen molar-refractivity contribution in [3.05, 3.63) is 57.0 Å². The molecular weight excluding hydrogens is 376 g/mol. The number of hydrogen-bond donors (Lipinski definition) is 2. The van der Waals surface area contributed by atoms with Gasteiger partial charge in [-0.3, -0.25) is 4.72 Å². The van der Waals surface area contributed by atoms with Crippen molar-refractivity contribution in [3.8, 4) is 0 Å². The molecule has 21 heavy (non-hydrogen) atoms. The van der Waals surface area contributed by atoms with Gasteiger partial charge in [0.25, 0.3) is 10.0 Å². The molecule has 0 unspecified atom stereocenters. The lowest BCUT2D eigenvalue weighted by atomic mass is 10.1. The summed E-state index contributed by atoms with van der Waals surface area (Å²) in [6.45, 7) is 2.01. The Hall–Kier alpha value is -1.08. The summed E-state index contributed by atoms with van der Waals surface area (Å²) >= 11 is 9.31. The van der Waals surface area contributed by atoms with Crippen molar-refractivity contribution in [1.82, 2.24) is 0 Å². The highest BCUT2D eigenvalue weighted by Gasteiger charge is 2.18. The van der Waals surface area contributed by atoms with E-state index in [9.17, 15) is 8.42 Å². The summed E-state index contributed by atoms with van der Waals surface area (Å²) in [6, 6.07) is 10.1. The molecule has 0 heterocycles. The highest BCUT2D eigenvalue weighted by molar-refractivity contribution is 9.10. The number of anilines is 1. The summed E-state index contributed by atoms with van der Waals surface area (Å²) in [4.78, 5) is 0.196.